The van der Waals surface area contributed by atoms with E-state index < -0.39 is 6.04 Å². The highest BCUT2D eigenvalue weighted by Crippen LogP contribution is 2.19. The lowest BCUT2D eigenvalue weighted by molar-refractivity contribution is -0.140. The molecule has 0 saturated heterocycles. The molecule has 1 atom stereocenters. The number of hydrogen-bond donors (Lipinski definition) is 1. The molecule has 0 fully saturated rings. The number of halogens is 1. The zero-order valence-corrected chi connectivity index (χ0v) is 16.5. The fraction of sp³-hybridized carbons (Fsp3) is 0.524. The van der Waals surface area contributed by atoms with Crippen LogP contribution in [-0.4, -0.2) is 29.3 Å². The maximum Gasteiger partial charge on any atom is 0.242 e. The summed E-state index contributed by atoms with van der Waals surface area (Å²) < 4.78 is 0. The Bertz CT molecular complexity index is 640. The van der Waals surface area contributed by atoms with Gasteiger partial charge in [-0.1, -0.05) is 42.3 Å². The number of nitrogens with one attached hydrogen (secondary N) is 1. The SMILES string of the molecule is CCC(=O)N(Cc1ccc(Cl)cc1)C(C)C(=O)NCCC1=CCCCC1. The second-order valence-electron chi connectivity index (χ2n) is 6.83. The van der Waals surface area contributed by atoms with E-state index in [-0.39, 0.29) is 11.8 Å². The van der Waals surface area contributed by atoms with Gasteiger partial charge in [0.25, 0.3) is 0 Å². The number of rotatable bonds is 8. The van der Waals surface area contributed by atoms with Crippen molar-refractivity contribution in [2.45, 2.75) is 65.0 Å². The van der Waals surface area contributed by atoms with Gasteiger partial charge in [-0.15, -0.1) is 0 Å². The van der Waals surface area contributed by atoms with E-state index in [9.17, 15) is 9.59 Å². The van der Waals surface area contributed by atoms with Crippen LogP contribution in [0.3, 0.4) is 0 Å². The third kappa shape index (κ3) is 6.17. The molecule has 0 saturated carbocycles. The average Bonchev–Trinajstić information content (AvgIpc) is 2.67. The van der Waals surface area contributed by atoms with Crippen molar-refractivity contribution in [3.8, 4) is 0 Å². The fourth-order valence-electron chi connectivity index (χ4n) is 3.20. The first-order chi connectivity index (χ1) is 12.5. The minimum Gasteiger partial charge on any atom is -0.354 e. The lowest BCUT2D eigenvalue weighted by Crippen LogP contribution is -2.47. The highest BCUT2D eigenvalue weighted by molar-refractivity contribution is 6.30. The zero-order valence-electron chi connectivity index (χ0n) is 15.8. The zero-order chi connectivity index (χ0) is 18.9. The average molecular weight is 377 g/mol. The molecule has 1 N–H and O–H groups in total. The van der Waals surface area contributed by atoms with Crippen LogP contribution in [0.4, 0.5) is 0 Å². The third-order valence-electron chi connectivity index (χ3n) is 4.87. The molecule has 142 valence electrons. The van der Waals surface area contributed by atoms with Gasteiger partial charge in [0.15, 0.2) is 0 Å². The van der Waals surface area contributed by atoms with Crippen LogP contribution in [0, 0.1) is 0 Å². The molecular formula is C21H29ClN2O2. The molecule has 1 aliphatic rings. The van der Waals surface area contributed by atoms with Crippen LogP contribution in [0.5, 0.6) is 0 Å². The van der Waals surface area contributed by atoms with Gasteiger partial charge in [0.05, 0.1) is 0 Å². The first-order valence-corrected chi connectivity index (χ1v) is 9.88. The minimum absolute atomic E-state index is 0.0300. The summed E-state index contributed by atoms with van der Waals surface area (Å²) in [6.07, 6.45) is 8.38. The first-order valence-electron chi connectivity index (χ1n) is 9.50. The molecule has 1 unspecified atom stereocenters. The van der Waals surface area contributed by atoms with Crippen LogP contribution in [0.15, 0.2) is 35.9 Å². The van der Waals surface area contributed by atoms with Crippen LogP contribution < -0.4 is 5.32 Å². The standard InChI is InChI=1S/C21H29ClN2O2/c1-3-20(25)24(15-18-9-11-19(22)12-10-18)16(2)21(26)23-14-13-17-7-5-4-6-8-17/h7,9-12,16H,3-6,8,13-15H2,1-2H3,(H,23,26). The van der Waals surface area contributed by atoms with Crippen molar-refractivity contribution in [2.24, 2.45) is 0 Å². The Balaban J connectivity index is 1.92. The van der Waals surface area contributed by atoms with Crippen LogP contribution >= 0.6 is 11.6 Å². The molecule has 1 aliphatic carbocycles. The molecule has 2 rings (SSSR count). The number of nitrogens with zero attached hydrogens (tertiary/aromatic N) is 1. The number of carbonyl (C=O) groups is 2. The summed E-state index contributed by atoms with van der Waals surface area (Å²) in [5.74, 6) is -0.130. The summed E-state index contributed by atoms with van der Waals surface area (Å²) >= 11 is 5.92. The van der Waals surface area contributed by atoms with E-state index in [0.29, 0.717) is 24.5 Å². The third-order valence-corrected chi connectivity index (χ3v) is 5.12. The molecule has 0 spiro atoms. The van der Waals surface area contributed by atoms with Gasteiger partial charge in [0.1, 0.15) is 6.04 Å². The van der Waals surface area contributed by atoms with Crippen molar-refractivity contribution < 1.29 is 9.59 Å². The van der Waals surface area contributed by atoms with Gasteiger partial charge in [-0.3, -0.25) is 9.59 Å². The summed E-state index contributed by atoms with van der Waals surface area (Å²) in [6.45, 7) is 4.64. The van der Waals surface area contributed by atoms with Crippen molar-refractivity contribution in [1.29, 1.82) is 0 Å². The highest BCUT2D eigenvalue weighted by atomic mass is 35.5. The fourth-order valence-corrected chi connectivity index (χ4v) is 3.32. The Morgan fingerprint density at radius 1 is 1.23 bits per heavy atom. The Hall–Kier alpha value is -1.81. The molecule has 0 aromatic heterocycles. The smallest absolute Gasteiger partial charge is 0.242 e. The Morgan fingerprint density at radius 2 is 1.96 bits per heavy atom. The van der Waals surface area contributed by atoms with Crippen LogP contribution in [0.2, 0.25) is 5.02 Å². The van der Waals surface area contributed by atoms with E-state index in [2.05, 4.69) is 11.4 Å². The van der Waals surface area contributed by atoms with Crippen molar-refractivity contribution in [1.82, 2.24) is 10.2 Å². The molecule has 4 nitrogen and oxygen atoms in total. The summed E-state index contributed by atoms with van der Waals surface area (Å²) in [4.78, 5) is 26.5. The predicted molar refractivity (Wildman–Crippen MR) is 106 cm³/mol. The lowest BCUT2D eigenvalue weighted by atomic mass is 9.97. The van der Waals surface area contributed by atoms with E-state index in [4.69, 9.17) is 11.6 Å². The van der Waals surface area contributed by atoms with E-state index in [0.717, 1.165) is 24.8 Å². The highest BCUT2D eigenvalue weighted by Gasteiger charge is 2.24. The summed E-state index contributed by atoms with van der Waals surface area (Å²) in [5.41, 5.74) is 2.40. The van der Waals surface area contributed by atoms with E-state index in [1.165, 1.54) is 18.4 Å². The number of carbonyl (C=O) groups excluding carboxylic acids is 2. The van der Waals surface area contributed by atoms with Crippen LogP contribution in [-0.2, 0) is 16.1 Å². The normalized spacial score (nSPS) is 15.1. The predicted octanol–water partition coefficient (Wildman–Crippen LogP) is 4.47. The summed E-state index contributed by atoms with van der Waals surface area (Å²) in [6, 6.07) is 6.87. The van der Waals surface area contributed by atoms with Gasteiger partial charge in [-0.25, -0.2) is 0 Å². The first kappa shape index (κ1) is 20.5. The maximum atomic E-state index is 12.5. The molecule has 1 aromatic rings. The molecule has 1 aromatic carbocycles. The number of amides is 2. The van der Waals surface area contributed by atoms with Crippen molar-refractivity contribution in [3.63, 3.8) is 0 Å². The van der Waals surface area contributed by atoms with Gasteiger partial charge >= 0.3 is 0 Å². The van der Waals surface area contributed by atoms with E-state index in [1.807, 2.05) is 19.1 Å². The molecule has 26 heavy (non-hydrogen) atoms. The molecule has 5 heteroatoms. The number of benzene rings is 1. The van der Waals surface area contributed by atoms with Crippen molar-refractivity contribution >= 4 is 23.4 Å². The summed E-state index contributed by atoms with van der Waals surface area (Å²) in [7, 11) is 0. The minimum atomic E-state index is -0.501. The molecular weight excluding hydrogens is 348 g/mol. The molecule has 0 heterocycles. The number of allylic oxidation sites excluding steroid dienone is 1. The second-order valence-corrected chi connectivity index (χ2v) is 7.26. The van der Waals surface area contributed by atoms with Gasteiger partial charge < -0.3 is 10.2 Å². The van der Waals surface area contributed by atoms with Crippen molar-refractivity contribution in [2.75, 3.05) is 6.54 Å². The van der Waals surface area contributed by atoms with Crippen LogP contribution in [0.1, 0.15) is 57.9 Å². The summed E-state index contributed by atoms with van der Waals surface area (Å²) in [5, 5.41) is 3.65. The topological polar surface area (TPSA) is 49.4 Å². The monoisotopic (exact) mass is 376 g/mol. The number of hydrogen-bond acceptors (Lipinski definition) is 2. The Kier molecular flexibility index (Phi) is 8.17. The van der Waals surface area contributed by atoms with Crippen molar-refractivity contribution in [3.05, 3.63) is 46.5 Å². The van der Waals surface area contributed by atoms with Gasteiger partial charge in [0.2, 0.25) is 11.8 Å². The molecule has 0 bridgehead atoms. The van der Waals surface area contributed by atoms with Gasteiger partial charge in [-0.05, 0) is 56.7 Å². The van der Waals surface area contributed by atoms with Gasteiger partial charge in [0, 0.05) is 24.5 Å². The van der Waals surface area contributed by atoms with Gasteiger partial charge in [-0.2, -0.15) is 0 Å². The largest absolute Gasteiger partial charge is 0.354 e. The Morgan fingerprint density at radius 3 is 2.58 bits per heavy atom. The quantitative estimate of drug-likeness (QED) is 0.680. The lowest BCUT2D eigenvalue weighted by Gasteiger charge is -2.28. The second kappa shape index (κ2) is 10.4. The van der Waals surface area contributed by atoms with Crippen LogP contribution in [0.25, 0.3) is 0 Å². The molecule has 0 radical (unpaired) electrons. The van der Waals surface area contributed by atoms with E-state index >= 15 is 0 Å². The maximum absolute atomic E-state index is 12.5. The Labute approximate surface area is 161 Å². The van der Waals surface area contributed by atoms with E-state index in [1.54, 1.807) is 24.0 Å². The molecule has 2 amide bonds. The molecule has 0 aliphatic heterocycles.